The van der Waals surface area contributed by atoms with Crippen molar-refractivity contribution >= 4 is 56.2 Å². The Kier molecular flexibility index (Phi) is 10.9. The number of hydrogen-bond donors (Lipinski definition) is 1. The standard InChI is InChI=1S/C61H45N5/c1-6-16-45(17-7-1)47-26-33-54(34-27-47)64(55-35-28-48(29-36-55)46-18-8-2-9-19-46)56-37-30-49(31-38-56)50-32-41-60-59(42-50)63-44-62-58-40-39-57(43-61(58)66(60)53-24-14-5-15-25-53)65(51-20-10-3-11-21-51)52-22-12-4-13-23-52/h1-44H,(H,62,63). The predicted octanol–water partition coefficient (Wildman–Crippen LogP) is 16.6. The van der Waals surface area contributed by atoms with E-state index in [1.807, 2.05) is 6.33 Å². The number of para-hydroxylation sites is 3. The highest BCUT2D eigenvalue weighted by Crippen LogP contribution is 2.39. The van der Waals surface area contributed by atoms with E-state index in [-0.39, 0.29) is 0 Å². The SMILES string of the molecule is c1ccc(-c2ccc(N(c3ccc(-c4ccccc4)cc3)c3ccc(-c4ccc5c(c4)[nH]cnc4ccc(N(c6ccccc6)c6ccccc6)cc4n5-c4ccccc4)cc3)cc2)cc1. The Morgan fingerprint density at radius 1 is 0.303 bits per heavy atom. The highest BCUT2D eigenvalue weighted by Gasteiger charge is 2.17. The zero-order valence-electron chi connectivity index (χ0n) is 36.2. The fraction of sp³-hybridized carbons (Fsp3) is 0. The van der Waals surface area contributed by atoms with E-state index in [1.165, 1.54) is 22.3 Å². The second-order valence-electron chi connectivity index (χ2n) is 16.2. The lowest BCUT2D eigenvalue weighted by Gasteiger charge is -2.26. The van der Waals surface area contributed by atoms with Gasteiger partial charge in [0.15, 0.2) is 0 Å². The van der Waals surface area contributed by atoms with Crippen LogP contribution in [-0.4, -0.2) is 14.5 Å². The van der Waals surface area contributed by atoms with Crippen LogP contribution in [0.1, 0.15) is 0 Å². The van der Waals surface area contributed by atoms with E-state index in [1.54, 1.807) is 0 Å². The number of benzene rings is 10. The lowest BCUT2D eigenvalue weighted by atomic mass is 10.0. The van der Waals surface area contributed by atoms with Crippen molar-refractivity contribution < 1.29 is 0 Å². The van der Waals surface area contributed by atoms with Crippen LogP contribution in [0.25, 0.3) is 61.1 Å². The van der Waals surface area contributed by atoms with Crippen LogP contribution in [0.4, 0.5) is 34.1 Å². The number of aromatic nitrogens is 3. The molecule has 5 nitrogen and oxygen atoms in total. The van der Waals surface area contributed by atoms with Gasteiger partial charge in [0.05, 0.1) is 28.4 Å². The van der Waals surface area contributed by atoms with Gasteiger partial charge in [-0.2, -0.15) is 0 Å². The molecule has 0 aliphatic heterocycles. The summed E-state index contributed by atoms with van der Waals surface area (Å²) in [6.07, 6.45) is 1.81. The quantitative estimate of drug-likeness (QED) is 0.149. The molecule has 0 radical (unpaired) electrons. The van der Waals surface area contributed by atoms with Gasteiger partial charge < -0.3 is 19.4 Å². The lowest BCUT2D eigenvalue weighted by molar-refractivity contribution is 1.14. The first-order valence-electron chi connectivity index (χ1n) is 22.3. The fourth-order valence-corrected chi connectivity index (χ4v) is 8.84. The van der Waals surface area contributed by atoms with Crippen LogP contribution in [0.3, 0.4) is 0 Å². The number of aromatic amines is 1. The number of anilines is 6. The van der Waals surface area contributed by atoms with Crippen molar-refractivity contribution in [3.8, 4) is 39.1 Å². The van der Waals surface area contributed by atoms with Crippen LogP contribution in [0, 0.1) is 0 Å². The first-order chi connectivity index (χ1) is 32.7. The Labute approximate surface area is 385 Å². The van der Waals surface area contributed by atoms with Crippen molar-refractivity contribution in [3.05, 3.63) is 267 Å². The van der Waals surface area contributed by atoms with E-state index in [0.29, 0.717) is 0 Å². The summed E-state index contributed by atoms with van der Waals surface area (Å²) in [5.41, 5.74) is 18.2. The minimum absolute atomic E-state index is 0.857. The summed E-state index contributed by atoms with van der Waals surface area (Å²) >= 11 is 0. The molecule has 0 bridgehead atoms. The van der Waals surface area contributed by atoms with Gasteiger partial charge in [0.1, 0.15) is 0 Å². The minimum Gasteiger partial charge on any atom is -0.345 e. The summed E-state index contributed by atoms with van der Waals surface area (Å²) in [7, 11) is 0. The van der Waals surface area contributed by atoms with Gasteiger partial charge in [-0.3, -0.25) is 0 Å². The van der Waals surface area contributed by atoms with Gasteiger partial charge in [-0.25, -0.2) is 4.98 Å². The average Bonchev–Trinajstić information content (AvgIpc) is 3.39. The largest absolute Gasteiger partial charge is 0.345 e. The average molecular weight is 848 g/mol. The smallest absolute Gasteiger partial charge is 0.0931 e. The molecule has 0 saturated heterocycles. The molecular weight excluding hydrogens is 803 g/mol. The first kappa shape index (κ1) is 39.9. The summed E-state index contributed by atoms with van der Waals surface area (Å²) in [6, 6.07) is 92.3. The molecule has 1 heterocycles. The summed E-state index contributed by atoms with van der Waals surface area (Å²) in [6.45, 7) is 0. The fourth-order valence-electron chi connectivity index (χ4n) is 8.84. The van der Waals surface area contributed by atoms with Gasteiger partial charge >= 0.3 is 0 Å². The summed E-state index contributed by atoms with van der Waals surface area (Å²) in [4.78, 5) is 13.2. The molecule has 66 heavy (non-hydrogen) atoms. The monoisotopic (exact) mass is 847 g/mol. The molecule has 11 rings (SSSR count). The van der Waals surface area contributed by atoms with Crippen molar-refractivity contribution in [2.24, 2.45) is 0 Å². The van der Waals surface area contributed by atoms with Gasteiger partial charge in [0, 0.05) is 39.8 Å². The number of H-pyrrole nitrogens is 1. The second-order valence-corrected chi connectivity index (χ2v) is 16.2. The van der Waals surface area contributed by atoms with Crippen molar-refractivity contribution in [2.75, 3.05) is 9.80 Å². The van der Waals surface area contributed by atoms with Gasteiger partial charge in [-0.05, 0) is 137 Å². The van der Waals surface area contributed by atoms with Crippen molar-refractivity contribution in [1.82, 2.24) is 14.5 Å². The van der Waals surface area contributed by atoms with E-state index >= 15 is 0 Å². The van der Waals surface area contributed by atoms with Crippen LogP contribution < -0.4 is 9.80 Å². The Hall–Kier alpha value is -8.93. The van der Waals surface area contributed by atoms with Crippen LogP contribution in [0.2, 0.25) is 0 Å². The maximum atomic E-state index is 5.00. The number of nitrogens with one attached hydrogen (secondary N) is 1. The zero-order valence-corrected chi connectivity index (χ0v) is 36.2. The van der Waals surface area contributed by atoms with Crippen LogP contribution in [0.15, 0.2) is 267 Å². The van der Waals surface area contributed by atoms with E-state index < -0.39 is 0 Å². The van der Waals surface area contributed by atoms with Crippen LogP contribution >= 0.6 is 0 Å². The molecule has 5 heteroatoms. The Bertz CT molecular complexity index is 3300. The molecule has 0 atom stereocenters. The second kappa shape index (κ2) is 18.0. The third-order valence-corrected chi connectivity index (χ3v) is 12.1. The molecule has 0 fully saturated rings. The van der Waals surface area contributed by atoms with Crippen molar-refractivity contribution in [2.45, 2.75) is 0 Å². The van der Waals surface area contributed by atoms with Crippen LogP contribution in [-0.2, 0) is 0 Å². The highest BCUT2D eigenvalue weighted by molar-refractivity contribution is 5.91. The molecular formula is C61H45N5. The Morgan fingerprint density at radius 2 is 0.682 bits per heavy atom. The maximum Gasteiger partial charge on any atom is 0.0931 e. The molecule has 0 amide bonds. The van der Waals surface area contributed by atoms with Crippen LogP contribution in [0.5, 0.6) is 0 Å². The maximum absolute atomic E-state index is 5.00. The number of rotatable bonds is 10. The lowest BCUT2D eigenvalue weighted by Crippen LogP contribution is -2.10. The summed E-state index contributed by atoms with van der Waals surface area (Å²) < 4.78 is 2.31. The normalized spacial score (nSPS) is 11.0. The van der Waals surface area contributed by atoms with E-state index in [2.05, 4.69) is 280 Å². The summed E-state index contributed by atoms with van der Waals surface area (Å²) in [5, 5.41) is 0. The first-order valence-corrected chi connectivity index (χ1v) is 22.3. The molecule has 0 unspecified atom stereocenters. The Morgan fingerprint density at radius 3 is 1.18 bits per heavy atom. The van der Waals surface area contributed by atoms with E-state index in [0.717, 1.165) is 73.0 Å². The molecule has 0 spiro atoms. The molecule has 1 N–H and O–H groups in total. The van der Waals surface area contributed by atoms with Gasteiger partial charge in [-0.1, -0.05) is 158 Å². The predicted molar refractivity (Wildman–Crippen MR) is 276 cm³/mol. The Balaban J connectivity index is 1.00. The number of fused-ring (bicyclic) bond motifs is 2. The molecule has 1 aromatic heterocycles. The van der Waals surface area contributed by atoms with Crippen molar-refractivity contribution in [3.63, 3.8) is 0 Å². The van der Waals surface area contributed by atoms with E-state index in [4.69, 9.17) is 4.98 Å². The van der Waals surface area contributed by atoms with Gasteiger partial charge in [0.2, 0.25) is 0 Å². The molecule has 11 aromatic rings. The van der Waals surface area contributed by atoms with Crippen molar-refractivity contribution in [1.29, 1.82) is 0 Å². The molecule has 0 aliphatic rings. The molecule has 0 saturated carbocycles. The molecule has 0 aliphatic carbocycles. The molecule has 314 valence electrons. The highest BCUT2D eigenvalue weighted by atomic mass is 15.1. The number of hydrogen-bond acceptors (Lipinski definition) is 3. The van der Waals surface area contributed by atoms with E-state index in [9.17, 15) is 0 Å². The molecule has 10 aromatic carbocycles. The minimum atomic E-state index is 0.857. The van der Waals surface area contributed by atoms with Gasteiger partial charge in [0.25, 0.3) is 0 Å². The third kappa shape index (κ3) is 8.09. The zero-order chi connectivity index (χ0) is 44.1. The van der Waals surface area contributed by atoms with Gasteiger partial charge in [-0.15, -0.1) is 0 Å². The number of nitrogens with zero attached hydrogens (tertiary/aromatic N) is 4. The summed E-state index contributed by atoms with van der Waals surface area (Å²) in [5.74, 6) is 0. The third-order valence-electron chi connectivity index (χ3n) is 12.1. The topological polar surface area (TPSA) is 40.1 Å².